The minimum absolute atomic E-state index is 0. The molecule has 0 aliphatic heterocycles. The van der Waals surface area contributed by atoms with Crippen LogP contribution < -0.4 is 29.6 Å². The standard InChI is InChI=1S/C3H7O.Al.Na.3H/c1-3-4-2;;;;;/h1,3H2,2H3;;;;;/q;+2;+1;3*-1. The van der Waals surface area contributed by atoms with Crippen molar-refractivity contribution in [3.63, 3.8) is 0 Å². The van der Waals surface area contributed by atoms with Crippen molar-refractivity contribution >= 4 is 16.3 Å². The largest absolute Gasteiger partial charge is 1.00 e. The number of methoxy groups -OCH3 is 1. The Kier molecular flexibility index (Phi) is 16.9. The minimum Gasteiger partial charge on any atom is -1.00 e. The molecule has 0 saturated carbocycles. The zero-order chi connectivity index (χ0) is 4.12. The number of hydrogen-bond acceptors (Lipinski definition) is 1. The zero-order valence-electron chi connectivity index (χ0n) is 7.40. The van der Waals surface area contributed by atoms with E-state index in [1.807, 2.05) is 0 Å². The average molecular weight is 112 g/mol. The van der Waals surface area contributed by atoms with Gasteiger partial charge in [0.25, 0.3) is 0 Å². The summed E-state index contributed by atoms with van der Waals surface area (Å²) < 4.78 is 4.67. The maximum absolute atomic E-state index is 4.67. The van der Waals surface area contributed by atoms with Crippen LogP contribution in [0.2, 0.25) is 5.28 Å². The van der Waals surface area contributed by atoms with Gasteiger partial charge in [0, 0.05) is 0 Å². The van der Waals surface area contributed by atoms with Crippen LogP contribution in [0.15, 0.2) is 0 Å². The fraction of sp³-hybridized carbons (Fsp3) is 1.00. The van der Waals surface area contributed by atoms with Gasteiger partial charge in [-0.05, 0) is 0 Å². The van der Waals surface area contributed by atoms with Crippen LogP contribution in [-0.2, 0) is 4.74 Å². The molecule has 0 spiro atoms. The van der Waals surface area contributed by atoms with Gasteiger partial charge in [-0.2, -0.15) is 0 Å². The summed E-state index contributed by atoms with van der Waals surface area (Å²) in [6, 6.07) is 0. The van der Waals surface area contributed by atoms with Crippen molar-refractivity contribution < 1.29 is 38.6 Å². The number of hydrogen-bond donors (Lipinski definition) is 0. The average Bonchev–Trinajstić information content (AvgIpc) is 1.41. The Morgan fingerprint density at radius 1 is 1.83 bits per heavy atom. The zero-order valence-corrected chi connectivity index (χ0v) is 7.55. The smallest absolute Gasteiger partial charge is 1.00 e. The maximum atomic E-state index is 4.67. The van der Waals surface area contributed by atoms with Gasteiger partial charge in [0.1, 0.15) is 0 Å². The van der Waals surface area contributed by atoms with Crippen LogP contribution in [0.25, 0.3) is 0 Å². The van der Waals surface area contributed by atoms with Crippen LogP contribution >= 0.6 is 0 Å². The van der Waals surface area contributed by atoms with Crippen molar-refractivity contribution in [3.8, 4) is 0 Å². The van der Waals surface area contributed by atoms with Gasteiger partial charge in [-0.25, -0.2) is 0 Å². The molecule has 0 radical (unpaired) electrons. The molecule has 0 heterocycles. The first-order chi connectivity index (χ1) is 2.41. The molecule has 0 aromatic rings. The number of ether oxygens (including phenoxy) is 1. The van der Waals surface area contributed by atoms with E-state index in [0.29, 0.717) is 0 Å². The van der Waals surface area contributed by atoms with Crippen LogP contribution in [0.4, 0.5) is 0 Å². The van der Waals surface area contributed by atoms with Crippen LogP contribution in [-0.4, -0.2) is 30.0 Å². The van der Waals surface area contributed by atoms with Gasteiger partial charge in [-0.1, -0.05) is 0 Å². The van der Waals surface area contributed by atoms with Crippen LogP contribution in [0.3, 0.4) is 0 Å². The molecule has 0 bridgehead atoms. The number of rotatable bonds is 2. The fourth-order valence-electron chi connectivity index (χ4n) is 0.118. The first-order valence-electron chi connectivity index (χ1n) is 1.61. The summed E-state index contributed by atoms with van der Waals surface area (Å²) in [6.07, 6.45) is 0. The normalized spacial score (nSPS) is 7.17. The van der Waals surface area contributed by atoms with Crippen LogP contribution in [0.5, 0.6) is 0 Å². The van der Waals surface area contributed by atoms with Gasteiger partial charge < -0.3 is 4.28 Å². The molecule has 0 saturated heterocycles. The first-order valence-corrected chi connectivity index (χ1v) is 2.42. The molecule has 0 aliphatic rings. The molecule has 0 rings (SSSR count). The summed E-state index contributed by atoms with van der Waals surface area (Å²) in [5.41, 5.74) is 0. The molecular weight excluding hydrogens is 102 g/mol. The summed E-state index contributed by atoms with van der Waals surface area (Å²) in [6.45, 7) is 0.852. The molecule has 0 N–H and O–H groups in total. The third-order valence-corrected chi connectivity index (χ3v) is 0.558. The Balaban J connectivity index is -0.0000000133. The van der Waals surface area contributed by atoms with E-state index in [2.05, 4.69) is 21.0 Å². The van der Waals surface area contributed by atoms with E-state index in [1.165, 1.54) is 0 Å². The quantitative estimate of drug-likeness (QED) is 0.361. The Morgan fingerprint density at radius 2 is 2.33 bits per heavy atom. The molecule has 0 aromatic carbocycles. The molecule has 1 nitrogen and oxygen atoms in total. The summed E-state index contributed by atoms with van der Waals surface area (Å²) in [5, 5.41) is 1.04. The fourth-order valence-corrected chi connectivity index (χ4v) is 0.354. The molecule has 0 aromatic heterocycles. The third-order valence-electron chi connectivity index (χ3n) is 0.322. The van der Waals surface area contributed by atoms with E-state index in [0.717, 1.165) is 11.9 Å². The molecule has 0 unspecified atom stereocenters. The Labute approximate surface area is 73.6 Å². The molecule has 6 heavy (non-hydrogen) atoms. The van der Waals surface area contributed by atoms with Gasteiger partial charge in [0.05, 0.1) is 0 Å². The summed E-state index contributed by atoms with van der Waals surface area (Å²) in [4.78, 5) is 0. The topological polar surface area (TPSA) is 9.23 Å². The SMILES string of the molecule is COC[CH2][Al+2].[H-].[H-].[H-].[Na+]. The minimum atomic E-state index is 0. The summed E-state index contributed by atoms with van der Waals surface area (Å²) >= 11 is 2.57. The van der Waals surface area contributed by atoms with Gasteiger partial charge in [0.2, 0.25) is 0 Å². The Morgan fingerprint density at radius 3 is 2.33 bits per heavy atom. The van der Waals surface area contributed by atoms with Crippen molar-refractivity contribution in [2.75, 3.05) is 13.7 Å². The van der Waals surface area contributed by atoms with E-state index in [1.54, 1.807) is 7.11 Å². The van der Waals surface area contributed by atoms with Crippen molar-refractivity contribution in [2.24, 2.45) is 0 Å². The predicted molar refractivity (Wildman–Crippen MR) is 25.8 cm³/mol. The van der Waals surface area contributed by atoms with Crippen molar-refractivity contribution in [2.45, 2.75) is 5.28 Å². The Bertz CT molecular complexity index is 26.5. The molecule has 0 fully saturated rings. The third kappa shape index (κ3) is 9.09. The monoisotopic (exact) mass is 112 g/mol. The van der Waals surface area contributed by atoms with E-state index in [-0.39, 0.29) is 33.8 Å². The first kappa shape index (κ1) is 10.5. The molecule has 0 amide bonds. The summed E-state index contributed by atoms with van der Waals surface area (Å²) in [5.74, 6) is 0. The van der Waals surface area contributed by atoms with Gasteiger partial charge in [-0.15, -0.1) is 0 Å². The molecule has 0 aliphatic carbocycles. The van der Waals surface area contributed by atoms with Crippen molar-refractivity contribution in [3.05, 3.63) is 0 Å². The second-order valence-corrected chi connectivity index (χ2v) is 1.36. The van der Waals surface area contributed by atoms with Crippen molar-refractivity contribution in [1.29, 1.82) is 0 Å². The molecule has 3 heteroatoms. The summed E-state index contributed by atoms with van der Waals surface area (Å²) in [7, 11) is 1.70. The molecular formula is C3H10AlNaO. The van der Waals surface area contributed by atoms with Gasteiger partial charge in [-0.3, -0.25) is 0 Å². The maximum Gasteiger partial charge on any atom is 1.00 e. The van der Waals surface area contributed by atoms with E-state index in [4.69, 9.17) is 0 Å². The van der Waals surface area contributed by atoms with Crippen LogP contribution in [0, 0.1) is 0 Å². The second kappa shape index (κ2) is 9.70. The van der Waals surface area contributed by atoms with Crippen LogP contribution in [0.1, 0.15) is 4.28 Å². The van der Waals surface area contributed by atoms with E-state index in [9.17, 15) is 0 Å². The molecule has 32 valence electrons. The van der Waals surface area contributed by atoms with E-state index < -0.39 is 0 Å². The Hall–Kier alpha value is 1.49. The predicted octanol–water partition coefficient (Wildman–Crippen LogP) is -2.44. The molecule has 0 atom stereocenters. The second-order valence-electron chi connectivity index (χ2n) is 0.781. The van der Waals surface area contributed by atoms with Crippen molar-refractivity contribution in [1.82, 2.24) is 0 Å². The van der Waals surface area contributed by atoms with E-state index >= 15 is 0 Å². The van der Waals surface area contributed by atoms with Gasteiger partial charge in [0.15, 0.2) is 0 Å². The van der Waals surface area contributed by atoms with Gasteiger partial charge >= 0.3 is 69.6 Å².